The van der Waals surface area contributed by atoms with Crippen molar-refractivity contribution in [1.29, 1.82) is 0 Å². The number of barbiturate groups is 1. The van der Waals surface area contributed by atoms with Gasteiger partial charge in [-0.3, -0.25) is 14.9 Å². The first-order valence-corrected chi connectivity index (χ1v) is 8.63. The van der Waals surface area contributed by atoms with Crippen LogP contribution in [0.25, 0.3) is 6.08 Å². The van der Waals surface area contributed by atoms with Gasteiger partial charge in [0.15, 0.2) is 5.16 Å². The van der Waals surface area contributed by atoms with E-state index >= 15 is 0 Å². The van der Waals surface area contributed by atoms with Crippen molar-refractivity contribution >= 4 is 53.0 Å². The van der Waals surface area contributed by atoms with Crippen molar-refractivity contribution in [3.63, 3.8) is 0 Å². The van der Waals surface area contributed by atoms with Gasteiger partial charge in [-0.2, -0.15) is 0 Å². The van der Waals surface area contributed by atoms with Crippen LogP contribution < -0.4 is 10.2 Å². The molecular weight excluding hydrogens is 364 g/mol. The summed E-state index contributed by atoms with van der Waals surface area (Å²) in [6.45, 7) is 0. The molecule has 25 heavy (non-hydrogen) atoms. The smallest absolute Gasteiger partial charge is 0.273 e. The number of amides is 4. The summed E-state index contributed by atoms with van der Waals surface area (Å²) in [5.74, 6) is -1.50. The minimum atomic E-state index is -0.816. The fourth-order valence-corrected chi connectivity index (χ4v) is 2.60. The van der Waals surface area contributed by atoms with Crippen LogP contribution in [-0.2, 0) is 9.59 Å². The fraction of sp³-hybridized carbons (Fsp3) is 0.0625. The van der Waals surface area contributed by atoms with E-state index in [1.807, 2.05) is 6.26 Å². The van der Waals surface area contributed by atoms with Gasteiger partial charge < -0.3 is 0 Å². The predicted octanol–water partition coefficient (Wildman–Crippen LogP) is 2.52. The van der Waals surface area contributed by atoms with Gasteiger partial charge in [-0.15, -0.1) is 0 Å². The second-order valence-corrected chi connectivity index (χ2v) is 6.15. The molecule has 0 atom stereocenters. The van der Waals surface area contributed by atoms with E-state index in [1.165, 1.54) is 42.4 Å². The molecule has 0 bridgehead atoms. The average molecular weight is 375 g/mol. The van der Waals surface area contributed by atoms with E-state index in [0.29, 0.717) is 21.4 Å². The molecule has 7 nitrogen and oxygen atoms in total. The van der Waals surface area contributed by atoms with Crippen molar-refractivity contribution in [3.05, 3.63) is 52.8 Å². The molecule has 0 unspecified atom stereocenters. The summed E-state index contributed by atoms with van der Waals surface area (Å²) in [6.07, 6.45) is 6.17. The van der Waals surface area contributed by atoms with E-state index in [9.17, 15) is 14.4 Å². The van der Waals surface area contributed by atoms with Crippen LogP contribution in [0.1, 0.15) is 5.56 Å². The Balaban J connectivity index is 1.97. The summed E-state index contributed by atoms with van der Waals surface area (Å²) in [5.41, 5.74) is 0.594. The summed E-state index contributed by atoms with van der Waals surface area (Å²) in [6, 6.07) is 5.31. The van der Waals surface area contributed by atoms with Crippen LogP contribution >= 0.6 is 23.4 Å². The lowest BCUT2D eigenvalue weighted by atomic mass is 10.1. The number of benzene rings is 1. The second-order valence-electron chi connectivity index (χ2n) is 4.94. The molecule has 1 aromatic heterocycles. The SMILES string of the molecule is CSc1ncc(/C=C2/C(=O)NC(=O)N(c3ccc(Cl)cc3)C2=O)cn1. The van der Waals surface area contributed by atoms with E-state index in [1.54, 1.807) is 12.1 Å². The highest BCUT2D eigenvalue weighted by Crippen LogP contribution is 2.23. The number of imide groups is 2. The number of rotatable bonds is 3. The predicted molar refractivity (Wildman–Crippen MR) is 94.3 cm³/mol. The summed E-state index contributed by atoms with van der Waals surface area (Å²) >= 11 is 7.19. The van der Waals surface area contributed by atoms with Crippen molar-refractivity contribution in [1.82, 2.24) is 15.3 Å². The summed E-state index contributed by atoms with van der Waals surface area (Å²) < 4.78 is 0. The van der Waals surface area contributed by atoms with Gasteiger partial charge >= 0.3 is 6.03 Å². The maximum atomic E-state index is 12.7. The lowest BCUT2D eigenvalue weighted by Gasteiger charge is -2.26. The van der Waals surface area contributed by atoms with E-state index in [-0.39, 0.29) is 5.57 Å². The number of nitrogens with one attached hydrogen (secondary N) is 1. The molecule has 2 heterocycles. The molecule has 1 saturated heterocycles. The highest BCUT2D eigenvalue weighted by atomic mass is 35.5. The van der Waals surface area contributed by atoms with Gasteiger partial charge in [0.25, 0.3) is 11.8 Å². The van der Waals surface area contributed by atoms with E-state index in [0.717, 1.165) is 4.90 Å². The van der Waals surface area contributed by atoms with Gasteiger partial charge in [0.1, 0.15) is 5.57 Å². The lowest BCUT2D eigenvalue weighted by Crippen LogP contribution is -2.54. The zero-order valence-corrected chi connectivity index (χ0v) is 14.5. The number of carbonyl (C=O) groups is 3. The summed E-state index contributed by atoms with van der Waals surface area (Å²) in [7, 11) is 0. The molecule has 3 rings (SSSR count). The molecule has 1 fully saturated rings. The molecule has 2 aromatic rings. The quantitative estimate of drug-likeness (QED) is 0.384. The van der Waals surface area contributed by atoms with Crippen molar-refractivity contribution in [2.75, 3.05) is 11.2 Å². The molecular formula is C16H11ClN4O3S. The lowest BCUT2D eigenvalue weighted by molar-refractivity contribution is -0.122. The number of anilines is 1. The maximum absolute atomic E-state index is 12.7. The van der Waals surface area contributed by atoms with Crippen LogP contribution in [0.5, 0.6) is 0 Å². The number of halogens is 1. The first-order valence-electron chi connectivity index (χ1n) is 7.02. The van der Waals surface area contributed by atoms with Crippen LogP contribution in [0.15, 0.2) is 47.4 Å². The largest absolute Gasteiger partial charge is 0.335 e. The number of hydrogen-bond donors (Lipinski definition) is 1. The topological polar surface area (TPSA) is 92.3 Å². The van der Waals surface area contributed by atoms with Gasteiger partial charge in [-0.1, -0.05) is 23.4 Å². The number of hydrogen-bond acceptors (Lipinski definition) is 6. The normalized spacial score (nSPS) is 16.3. The molecule has 9 heteroatoms. The number of aromatic nitrogens is 2. The Morgan fingerprint density at radius 3 is 2.36 bits per heavy atom. The average Bonchev–Trinajstić information content (AvgIpc) is 2.60. The van der Waals surface area contributed by atoms with Crippen LogP contribution in [0.4, 0.5) is 10.5 Å². The zero-order chi connectivity index (χ0) is 18.0. The van der Waals surface area contributed by atoms with E-state index in [4.69, 9.17) is 11.6 Å². The molecule has 1 N–H and O–H groups in total. The first kappa shape index (κ1) is 17.1. The molecule has 4 amide bonds. The van der Waals surface area contributed by atoms with Gasteiger partial charge in [-0.05, 0) is 36.6 Å². The highest BCUT2D eigenvalue weighted by Gasteiger charge is 2.36. The maximum Gasteiger partial charge on any atom is 0.335 e. The third-order valence-electron chi connectivity index (χ3n) is 3.33. The van der Waals surface area contributed by atoms with Crippen molar-refractivity contribution in [2.45, 2.75) is 5.16 Å². The summed E-state index contributed by atoms with van der Waals surface area (Å²) in [4.78, 5) is 45.8. The molecule has 0 saturated carbocycles. The Morgan fingerprint density at radius 2 is 1.76 bits per heavy atom. The van der Waals surface area contributed by atoms with Gasteiger partial charge in [0.2, 0.25) is 0 Å². The highest BCUT2D eigenvalue weighted by molar-refractivity contribution is 7.98. The number of thioether (sulfide) groups is 1. The van der Waals surface area contributed by atoms with Crippen LogP contribution in [-0.4, -0.2) is 34.1 Å². The molecule has 1 aliphatic heterocycles. The van der Waals surface area contributed by atoms with Crippen molar-refractivity contribution < 1.29 is 14.4 Å². The molecule has 1 aromatic carbocycles. The monoisotopic (exact) mass is 374 g/mol. The van der Waals surface area contributed by atoms with Gasteiger partial charge in [0, 0.05) is 23.0 Å². The Labute approximate surface area is 152 Å². The Morgan fingerprint density at radius 1 is 1.12 bits per heavy atom. The Kier molecular flexibility index (Phi) is 4.82. The number of urea groups is 1. The minimum Gasteiger partial charge on any atom is -0.273 e. The standard InChI is InChI=1S/C16H11ClN4O3S/c1-25-15-18-7-9(8-19-15)6-12-13(22)20-16(24)21(14(12)23)11-4-2-10(17)3-5-11/h2-8H,1H3,(H,20,22,24)/b12-6-. The van der Waals surface area contributed by atoms with Crippen molar-refractivity contribution in [2.24, 2.45) is 0 Å². The minimum absolute atomic E-state index is 0.185. The van der Waals surface area contributed by atoms with Crippen LogP contribution in [0.2, 0.25) is 5.02 Å². The van der Waals surface area contributed by atoms with Crippen molar-refractivity contribution in [3.8, 4) is 0 Å². The summed E-state index contributed by atoms with van der Waals surface area (Å²) in [5, 5.41) is 3.18. The van der Waals surface area contributed by atoms with Crippen LogP contribution in [0, 0.1) is 0 Å². The molecule has 126 valence electrons. The van der Waals surface area contributed by atoms with Gasteiger partial charge in [0.05, 0.1) is 5.69 Å². The van der Waals surface area contributed by atoms with E-state index in [2.05, 4.69) is 15.3 Å². The first-order chi connectivity index (χ1) is 12.0. The van der Waals surface area contributed by atoms with Crippen LogP contribution in [0.3, 0.4) is 0 Å². The van der Waals surface area contributed by atoms with Gasteiger partial charge in [-0.25, -0.2) is 19.7 Å². The number of carbonyl (C=O) groups excluding carboxylic acids is 3. The fourth-order valence-electron chi connectivity index (χ4n) is 2.15. The third kappa shape index (κ3) is 3.54. The Hall–Kier alpha value is -2.71. The van der Waals surface area contributed by atoms with E-state index < -0.39 is 17.8 Å². The third-order valence-corrected chi connectivity index (χ3v) is 4.16. The zero-order valence-electron chi connectivity index (χ0n) is 12.9. The second kappa shape index (κ2) is 7.04. The molecule has 1 aliphatic rings. The Bertz CT molecular complexity index is 881. The molecule has 0 radical (unpaired) electrons. The number of nitrogens with zero attached hydrogens (tertiary/aromatic N) is 3. The molecule has 0 aliphatic carbocycles. The molecule has 0 spiro atoms.